The molecule has 17 heteroatoms. The average molecular weight is 886 g/mol. The predicted molar refractivity (Wildman–Crippen MR) is 235 cm³/mol. The maximum atomic E-state index is 15.0. The number of ether oxygens (including phenoxy) is 3. The molecule has 3 fully saturated rings. The van der Waals surface area contributed by atoms with E-state index in [1.54, 1.807) is 27.0 Å². The van der Waals surface area contributed by atoms with Crippen LogP contribution in [-0.2, 0) is 46.6 Å². The van der Waals surface area contributed by atoms with Crippen molar-refractivity contribution < 1.29 is 47.8 Å². The van der Waals surface area contributed by atoms with Crippen LogP contribution in [-0.4, -0.2) is 107 Å². The Morgan fingerprint density at radius 2 is 1.61 bits per heavy atom. The van der Waals surface area contributed by atoms with Gasteiger partial charge >= 0.3 is 6.09 Å². The van der Waals surface area contributed by atoms with E-state index in [0.717, 1.165) is 55.2 Å². The first-order valence-corrected chi connectivity index (χ1v) is 22.9. The second-order valence-corrected chi connectivity index (χ2v) is 19.1. The monoisotopic (exact) mass is 885 g/mol. The van der Waals surface area contributed by atoms with Gasteiger partial charge < -0.3 is 40.4 Å². The smallest absolute Gasteiger partial charge is 0.410 e. The minimum atomic E-state index is -1.23. The minimum Gasteiger partial charge on any atom is -0.454 e. The highest BCUT2D eigenvalue weighted by atomic mass is 16.7. The molecule has 1 saturated heterocycles. The number of nitrogens with zero attached hydrogens (tertiary/aromatic N) is 3. The normalized spacial score (nSPS) is 22.1. The van der Waals surface area contributed by atoms with Crippen molar-refractivity contribution >= 4 is 47.6 Å². The Morgan fingerprint density at radius 3 is 2.25 bits per heavy atom. The third-order valence-electron chi connectivity index (χ3n) is 13.0. The maximum Gasteiger partial charge on any atom is 0.410 e. The molecule has 0 spiro atoms. The Morgan fingerprint density at radius 1 is 0.922 bits per heavy atom. The summed E-state index contributed by atoms with van der Waals surface area (Å²) in [7, 11) is 0. The van der Waals surface area contributed by atoms with E-state index < -0.39 is 77.1 Å². The van der Waals surface area contributed by atoms with E-state index in [1.807, 2.05) is 32.1 Å². The van der Waals surface area contributed by atoms with Crippen LogP contribution in [0.3, 0.4) is 0 Å². The van der Waals surface area contributed by atoms with Crippen molar-refractivity contribution in [3.8, 4) is 11.5 Å². The lowest BCUT2D eigenvalue weighted by molar-refractivity contribution is -0.145. The second kappa shape index (κ2) is 20.0. The summed E-state index contributed by atoms with van der Waals surface area (Å²) in [5.41, 5.74) is 2.10. The molecule has 1 aromatic carbocycles. The van der Waals surface area contributed by atoms with Gasteiger partial charge in [-0.2, -0.15) is 0 Å². The van der Waals surface area contributed by atoms with Crippen LogP contribution in [0.5, 0.6) is 11.5 Å². The number of benzene rings is 1. The molecule has 4 N–H and O–H groups in total. The van der Waals surface area contributed by atoms with Crippen LogP contribution in [0.25, 0.3) is 0 Å². The Balaban J connectivity index is 1.12. The lowest BCUT2D eigenvalue weighted by Crippen LogP contribution is -2.62. The summed E-state index contributed by atoms with van der Waals surface area (Å²) < 4.78 is 17.1. The first-order chi connectivity index (χ1) is 30.6. The number of carbonyl (C=O) groups is 7. The molecular weight excluding hydrogens is 823 g/mol. The van der Waals surface area contributed by atoms with Crippen LogP contribution in [0.4, 0.5) is 4.79 Å². The summed E-state index contributed by atoms with van der Waals surface area (Å²) in [5.74, 6) is -2.77. The average Bonchev–Trinajstić information content (AvgIpc) is 3.57. The maximum absolute atomic E-state index is 15.0. The van der Waals surface area contributed by atoms with Gasteiger partial charge in [0.2, 0.25) is 30.3 Å². The van der Waals surface area contributed by atoms with E-state index in [4.69, 9.17) is 14.2 Å². The van der Waals surface area contributed by atoms with E-state index in [-0.39, 0.29) is 51.2 Å². The van der Waals surface area contributed by atoms with Crippen LogP contribution in [0.2, 0.25) is 0 Å². The molecule has 1 aromatic rings. The van der Waals surface area contributed by atoms with E-state index in [2.05, 4.69) is 26.3 Å². The number of aliphatic imine (C=N–C) groups is 1. The standard InChI is InChI=1S/C47H63N7O10/c1-6-12-34(39(55)44(59)49-31-16-17-31)50-42(57)35-21-32(64-46(61)53-23-29-19-36-37(63-26-62-36)20-30(29)24-53)25-54(35)45(60)40(47(3,4)5)52-43(58)38(28-14-8-7-9-15-28)51-41(56)33-22-48-18-11-10-13-27(33)2/h11,18-20,22,28,31-32,34-35,38,40H,6-10,12-17,21,23-26H2,1-5H3,(H,49,59)(H,50,57)(H,51,56)(H,52,58). The number of nitrogens with one attached hydrogen (secondary N) is 4. The van der Waals surface area contributed by atoms with Gasteiger partial charge in [-0.05, 0) is 86.5 Å². The molecule has 0 bridgehead atoms. The van der Waals surface area contributed by atoms with Crippen LogP contribution in [0.1, 0.15) is 123 Å². The summed E-state index contributed by atoms with van der Waals surface area (Å²) in [6.45, 7) is 9.55. The molecule has 5 unspecified atom stereocenters. The van der Waals surface area contributed by atoms with Crippen LogP contribution >= 0.6 is 0 Å². The summed E-state index contributed by atoms with van der Waals surface area (Å²) in [4.78, 5) is 105. The van der Waals surface area contributed by atoms with Gasteiger partial charge in [0.15, 0.2) is 11.5 Å². The Kier molecular flexibility index (Phi) is 14.4. The van der Waals surface area contributed by atoms with E-state index in [1.165, 1.54) is 16.0 Å². The predicted octanol–water partition coefficient (Wildman–Crippen LogP) is 4.26. The SMILES string of the molecule is CCCC(NC(=O)C1CC(OC(=O)N2Cc3cc4c(cc3C2)OCO4)CN1C(=O)C(NC(=O)C(NC(=O)C1=C(C)CCC=CN=C1)C1CCCCC1)C(C)(C)C)C(=O)C(=O)NC1CC1. The van der Waals surface area contributed by atoms with Gasteiger partial charge in [-0.3, -0.25) is 38.7 Å². The molecule has 5 atom stereocenters. The number of ketones is 1. The zero-order valence-corrected chi connectivity index (χ0v) is 37.7. The molecular formula is C47H63N7O10. The third kappa shape index (κ3) is 10.9. The number of hydrogen-bond acceptors (Lipinski definition) is 11. The van der Waals surface area contributed by atoms with Crippen molar-refractivity contribution in [2.45, 2.75) is 161 Å². The summed E-state index contributed by atoms with van der Waals surface area (Å²) in [6, 6.07) is -0.916. The van der Waals surface area contributed by atoms with E-state index >= 15 is 4.79 Å². The van der Waals surface area contributed by atoms with Crippen molar-refractivity contribution in [2.24, 2.45) is 16.3 Å². The zero-order valence-electron chi connectivity index (χ0n) is 37.7. The number of Topliss-reactive ketones (excluding diaryl/α,β-unsaturated/α-hetero) is 1. The van der Waals surface area contributed by atoms with Gasteiger partial charge in [0.1, 0.15) is 24.2 Å². The van der Waals surface area contributed by atoms with Gasteiger partial charge in [-0.1, -0.05) is 65.0 Å². The highest BCUT2D eigenvalue weighted by Gasteiger charge is 2.48. The Labute approximate surface area is 374 Å². The summed E-state index contributed by atoms with van der Waals surface area (Å²) in [6.07, 6.45) is 11.2. The fourth-order valence-electron chi connectivity index (χ4n) is 9.16. The van der Waals surface area contributed by atoms with Crippen molar-refractivity contribution in [3.63, 3.8) is 0 Å². The molecule has 6 aliphatic rings. The van der Waals surface area contributed by atoms with Crippen LogP contribution < -0.4 is 30.7 Å². The van der Waals surface area contributed by atoms with Gasteiger partial charge in [-0.25, -0.2) is 4.79 Å². The fourth-order valence-corrected chi connectivity index (χ4v) is 9.16. The van der Waals surface area contributed by atoms with Crippen molar-refractivity contribution in [1.82, 2.24) is 31.1 Å². The molecule has 6 amide bonds. The molecule has 4 aliphatic heterocycles. The van der Waals surface area contributed by atoms with Gasteiger partial charge in [-0.15, -0.1) is 0 Å². The number of hydrogen-bond donors (Lipinski definition) is 4. The third-order valence-corrected chi connectivity index (χ3v) is 13.0. The number of amides is 6. The number of allylic oxidation sites excluding steroid dienone is 2. The highest BCUT2D eigenvalue weighted by molar-refractivity contribution is 6.38. The number of likely N-dealkylation sites (tertiary alicyclic amines) is 1. The fraction of sp³-hybridized carbons (Fsp3) is 0.617. The molecule has 17 nitrogen and oxygen atoms in total. The van der Waals surface area contributed by atoms with Gasteiger partial charge in [0.25, 0.3) is 11.8 Å². The Hall–Kier alpha value is -5.74. The number of fused-ring (bicyclic) bond motifs is 2. The zero-order chi connectivity index (χ0) is 45.7. The molecule has 7 rings (SSSR count). The first-order valence-electron chi connectivity index (χ1n) is 22.9. The lowest BCUT2D eigenvalue weighted by atomic mass is 9.82. The topological polar surface area (TPSA) is 214 Å². The molecule has 64 heavy (non-hydrogen) atoms. The van der Waals surface area contributed by atoms with E-state index in [9.17, 15) is 28.8 Å². The van der Waals surface area contributed by atoms with Gasteiger partial charge in [0, 0.05) is 38.0 Å². The van der Waals surface area contributed by atoms with Crippen molar-refractivity contribution in [1.29, 1.82) is 0 Å². The molecule has 0 radical (unpaired) electrons. The van der Waals surface area contributed by atoms with Crippen LogP contribution in [0.15, 0.2) is 40.5 Å². The lowest BCUT2D eigenvalue weighted by Gasteiger charge is -2.37. The first kappa shape index (κ1) is 46.3. The molecule has 4 heterocycles. The summed E-state index contributed by atoms with van der Waals surface area (Å²) >= 11 is 0. The second-order valence-electron chi connectivity index (χ2n) is 19.1. The van der Waals surface area contributed by atoms with Crippen molar-refractivity contribution in [2.75, 3.05) is 13.3 Å². The number of carbonyl (C=O) groups excluding carboxylic acids is 7. The largest absolute Gasteiger partial charge is 0.454 e. The molecule has 2 saturated carbocycles. The quantitative estimate of drug-likeness (QED) is 0.195. The number of rotatable bonds is 14. The molecule has 346 valence electrons. The molecule has 0 aromatic heterocycles. The van der Waals surface area contributed by atoms with E-state index in [0.29, 0.717) is 42.8 Å². The van der Waals surface area contributed by atoms with Crippen molar-refractivity contribution in [3.05, 3.63) is 46.7 Å². The summed E-state index contributed by atoms with van der Waals surface area (Å²) in [5, 5.41) is 11.5. The molecule has 2 aliphatic carbocycles. The van der Waals surface area contributed by atoms with Gasteiger partial charge in [0.05, 0.1) is 18.2 Å². The highest BCUT2D eigenvalue weighted by Crippen LogP contribution is 2.39. The minimum absolute atomic E-state index is 0.0665. The Bertz CT molecular complexity index is 2070. The van der Waals surface area contributed by atoms with Crippen LogP contribution in [0, 0.1) is 11.3 Å².